The lowest BCUT2D eigenvalue weighted by atomic mass is 9.91. The highest BCUT2D eigenvalue weighted by molar-refractivity contribution is 5.82. The molecule has 0 bridgehead atoms. The molecule has 4 N–H and O–H groups in total. The Morgan fingerprint density at radius 1 is 0.900 bits per heavy atom. The van der Waals surface area contributed by atoms with Crippen LogP contribution in [-0.2, 0) is 5.66 Å². The molecule has 4 aromatic rings. The van der Waals surface area contributed by atoms with Crippen LogP contribution in [0.4, 0.5) is 11.4 Å². The standard InChI is InChI=1S/C31H38N8O/c1-3-40-25-8-5-23(6-9-25)31(24-7-11-26-28(19-24)34-21-33-26)35-27-10-4-22(18-29(27)36-31)30-20-37(2)16-17-39(30)38-14-12-32-13-15-38/h4-11,18-19,21,30,32,35-36H,3,12-17,20H2,1-2H3,(H,33,34). The summed E-state index contributed by atoms with van der Waals surface area (Å²) in [5.41, 5.74) is 7.12. The second-order valence-corrected chi connectivity index (χ2v) is 11.0. The topological polar surface area (TPSA) is 83.7 Å². The van der Waals surface area contributed by atoms with Gasteiger partial charge in [0.05, 0.1) is 41.4 Å². The van der Waals surface area contributed by atoms with Crippen molar-refractivity contribution in [2.24, 2.45) is 0 Å². The predicted molar refractivity (Wildman–Crippen MR) is 160 cm³/mol. The molecule has 3 aliphatic heterocycles. The van der Waals surface area contributed by atoms with E-state index in [1.54, 1.807) is 6.33 Å². The summed E-state index contributed by atoms with van der Waals surface area (Å²) >= 11 is 0. The van der Waals surface area contributed by atoms with E-state index in [-0.39, 0.29) is 0 Å². The van der Waals surface area contributed by atoms with E-state index in [1.165, 1.54) is 5.56 Å². The summed E-state index contributed by atoms with van der Waals surface area (Å²) in [7, 11) is 2.23. The Balaban J connectivity index is 1.26. The molecule has 3 aromatic carbocycles. The van der Waals surface area contributed by atoms with Crippen LogP contribution in [0.25, 0.3) is 11.0 Å². The first-order chi connectivity index (χ1) is 19.6. The van der Waals surface area contributed by atoms with E-state index in [2.05, 4.69) is 109 Å². The number of hydrogen-bond donors (Lipinski definition) is 4. The highest BCUT2D eigenvalue weighted by Gasteiger charge is 2.41. The maximum Gasteiger partial charge on any atom is 0.161 e. The van der Waals surface area contributed by atoms with Gasteiger partial charge < -0.3 is 30.6 Å². The maximum atomic E-state index is 5.75. The number of nitrogens with zero attached hydrogens (tertiary/aromatic N) is 4. The van der Waals surface area contributed by atoms with Gasteiger partial charge in [0.15, 0.2) is 5.66 Å². The molecule has 1 aromatic heterocycles. The Morgan fingerprint density at radius 3 is 2.52 bits per heavy atom. The molecule has 2 saturated heterocycles. The van der Waals surface area contributed by atoms with Crippen LogP contribution in [0.3, 0.4) is 0 Å². The molecule has 7 rings (SSSR count). The Kier molecular flexibility index (Phi) is 6.59. The number of H-pyrrole nitrogens is 1. The number of nitrogens with one attached hydrogen (secondary N) is 4. The molecule has 2 atom stereocenters. The van der Waals surface area contributed by atoms with E-state index >= 15 is 0 Å². The van der Waals surface area contributed by atoms with Gasteiger partial charge in [0.1, 0.15) is 5.75 Å². The van der Waals surface area contributed by atoms with Crippen LogP contribution in [0.2, 0.25) is 0 Å². The van der Waals surface area contributed by atoms with Gasteiger partial charge in [-0.15, -0.1) is 0 Å². The molecule has 2 fully saturated rings. The predicted octanol–water partition coefficient (Wildman–Crippen LogP) is 3.81. The number of imidazole rings is 1. The van der Waals surface area contributed by atoms with Gasteiger partial charge in [-0.1, -0.05) is 24.3 Å². The number of fused-ring (bicyclic) bond motifs is 2. The third kappa shape index (κ3) is 4.49. The number of ether oxygens (including phenoxy) is 1. The van der Waals surface area contributed by atoms with Crippen LogP contribution >= 0.6 is 0 Å². The van der Waals surface area contributed by atoms with Crippen molar-refractivity contribution < 1.29 is 4.74 Å². The van der Waals surface area contributed by atoms with E-state index in [0.29, 0.717) is 12.6 Å². The van der Waals surface area contributed by atoms with Crippen molar-refractivity contribution >= 4 is 22.4 Å². The Bertz CT molecular complexity index is 1480. The van der Waals surface area contributed by atoms with Gasteiger partial charge in [0.25, 0.3) is 0 Å². The number of anilines is 2. The van der Waals surface area contributed by atoms with E-state index < -0.39 is 5.66 Å². The molecule has 0 amide bonds. The minimum Gasteiger partial charge on any atom is -0.494 e. The van der Waals surface area contributed by atoms with Crippen molar-refractivity contribution in [3.63, 3.8) is 0 Å². The quantitative estimate of drug-likeness (QED) is 0.295. The summed E-state index contributed by atoms with van der Waals surface area (Å²) in [4.78, 5) is 10.2. The number of likely N-dealkylation sites (N-methyl/N-ethyl adjacent to an activating group) is 1. The zero-order valence-electron chi connectivity index (χ0n) is 23.3. The Labute approximate surface area is 235 Å². The number of aromatic nitrogens is 2. The number of benzene rings is 3. The van der Waals surface area contributed by atoms with Gasteiger partial charge >= 0.3 is 0 Å². The average molecular weight is 539 g/mol. The highest BCUT2D eigenvalue weighted by Crippen LogP contribution is 2.45. The van der Waals surface area contributed by atoms with E-state index in [9.17, 15) is 0 Å². The third-order valence-corrected chi connectivity index (χ3v) is 8.54. The normalized spacial score (nSPS) is 24.0. The van der Waals surface area contributed by atoms with Crippen molar-refractivity contribution in [1.82, 2.24) is 30.2 Å². The SMILES string of the molecule is CCOc1ccc(C2(c3ccc4nc[nH]c4c3)Nc3ccc(C4CN(C)CCN4N4CCNCC4)cc3N2)cc1. The molecule has 4 heterocycles. The fourth-order valence-corrected chi connectivity index (χ4v) is 6.44. The third-order valence-electron chi connectivity index (χ3n) is 8.54. The molecular formula is C31H38N8O. The molecular weight excluding hydrogens is 500 g/mol. The van der Waals surface area contributed by atoms with Crippen molar-refractivity contribution in [3.05, 3.63) is 83.7 Å². The van der Waals surface area contributed by atoms with Gasteiger partial charge in [0, 0.05) is 56.9 Å². The molecule has 0 saturated carbocycles. The Hall–Kier alpha value is -3.63. The monoisotopic (exact) mass is 538 g/mol. The zero-order chi connectivity index (χ0) is 27.1. The zero-order valence-corrected chi connectivity index (χ0v) is 23.3. The van der Waals surface area contributed by atoms with Gasteiger partial charge in [-0.05, 0) is 55.9 Å². The van der Waals surface area contributed by atoms with Gasteiger partial charge in [-0.25, -0.2) is 15.0 Å². The average Bonchev–Trinajstić information content (AvgIpc) is 3.63. The van der Waals surface area contributed by atoms with Gasteiger partial charge in [-0.3, -0.25) is 0 Å². The second kappa shape index (κ2) is 10.4. The first-order valence-electron chi connectivity index (χ1n) is 14.4. The van der Waals surface area contributed by atoms with Crippen LogP contribution in [0.15, 0.2) is 67.0 Å². The van der Waals surface area contributed by atoms with Gasteiger partial charge in [-0.2, -0.15) is 0 Å². The van der Waals surface area contributed by atoms with E-state index in [1.807, 2.05) is 6.92 Å². The molecule has 40 heavy (non-hydrogen) atoms. The molecule has 208 valence electrons. The summed E-state index contributed by atoms with van der Waals surface area (Å²) in [5, 5.41) is 16.5. The van der Waals surface area contributed by atoms with Crippen molar-refractivity contribution in [2.45, 2.75) is 18.6 Å². The molecule has 9 nitrogen and oxygen atoms in total. The smallest absolute Gasteiger partial charge is 0.161 e. The minimum absolute atomic E-state index is 0.311. The summed E-state index contributed by atoms with van der Waals surface area (Å²) in [6, 6.07) is 22.0. The molecule has 2 unspecified atom stereocenters. The lowest BCUT2D eigenvalue weighted by Crippen LogP contribution is -2.58. The fourth-order valence-electron chi connectivity index (χ4n) is 6.44. The summed E-state index contributed by atoms with van der Waals surface area (Å²) in [6.45, 7) is 10.00. The first-order valence-corrected chi connectivity index (χ1v) is 14.4. The van der Waals surface area contributed by atoms with Crippen LogP contribution in [-0.4, -0.2) is 84.4 Å². The Morgan fingerprint density at radius 2 is 1.70 bits per heavy atom. The number of rotatable bonds is 6. The summed E-state index contributed by atoms with van der Waals surface area (Å²) in [6.07, 6.45) is 1.75. The van der Waals surface area contributed by atoms with Crippen molar-refractivity contribution in [2.75, 3.05) is 70.1 Å². The number of hydrazine groups is 1. The summed E-state index contributed by atoms with van der Waals surface area (Å²) in [5.74, 6) is 0.873. The van der Waals surface area contributed by atoms with Crippen molar-refractivity contribution in [3.8, 4) is 5.75 Å². The lowest BCUT2D eigenvalue weighted by Gasteiger charge is -2.47. The second-order valence-electron chi connectivity index (χ2n) is 11.0. The van der Waals surface area contributed by atoms with Crippen LogP contribution in [0.5, 0.6) is 5.75 Å². The maximum absolute atomic E-state index is 5.75. The highest BCUT2D eigenvalue weighted by atomic mass is 16.5. The summed E-state index contributed by atoms with van der Waals surface area (Å²) < 4.78 is 5.75. The van der Waals surface area contributed by atoms with E-state index in [4.69, 9.17) is 4.74 Å². The number of hydrogen-bond acceptors (Lipinski definition) is 8. The van der Waals surface area contributed by atoms with Crippen LogP contribution < -0.4 is 20.7 Å². The van der Waals surface area contributed by atoms with Crippen LogP contribution in [0.1, 0.15) is 29.7 Å². The number of piperazine rings is 2. The van der Waals surface area contributed by atoms with E-state index in [0.717, 1.165) is 85.1 Å². The first kappa shape index (κ1) is 25.3. The number of aromatic amines is 1. The van der Waals surface area contributed by atoms with Crippen LogP contribution in [0, 0.1) is 0 Å². The molecule has 9 heteroatoms. The lowest BCUT2D eigenvalue weighted by molar-refractivity contribution is -0.0996. The van der Waals surface area contributed by atoms with Gasteiger partial charge in [0.2, 0.25) is 0 Å². The molecule has 3 aliphatic rings. The largest absolute Gasteiger partial charge is 0.494 e. The molecule has 0 radical (unpaired) electrons. The molecule has 0 aliphatic carbocycles. The van der Waals surface area contributed by atoms with Crippen molar-refractivity contribution in [1.29, 1.82) is 0 Å². The fraction of sp³-hybridized carbons (Fsp3) is 0.387. The minimum atomic E-state index is -0.632. The molecule has 0 spiro atoms.